The van der Waals surface area contributed by atoms with E-state index in [0.29, 0.717) is 0 Å². The maximum atomic E-state index is 10.9. The second kappa shape index (κ2) is 3.57. The lowest BCUT2D eigenvalue weighted by molar-refractivity contribution is -0.129. The van der Waals surface area contributed by atoms with Gasteiger partial charge in [-0.15, -0.1) is 0 Å². The molecule has 1 amide bonds. The van der Waals surface area contributed by atoms with E-state index in [1.807, 2.05) is 0 Å². The highest BCUT2D eigenvalue weighted by molar-refractivity contribution is 6.37. The summed E-state index contributed by atoms with van der Waals surface area (Å²) in [4.78, 5) is 33.6. The molecule has 0 aromatic carbocycles. The standard InChI is InChI=1S/C8H6N4O4/c13-7(14)4-3-12(8(15)16)6(11-4)5-9-1-2-10-5/h1-2H,3H2,(H,13,14)(H,15,16). The number of carboxylic acids is 1. The van der Waals surface area contributed by atoms with Gasteiger partial charge in [0.25, 0.3) is 0 Å². The van der Waals surface area contributed by atoms with E-state index >= 15 is 0 Å². The van der Waals surface area contributed by atoms with Crippen LogP contribution < -0.4 is 0 Å². The molecule has 2 rings (SSSR count). The average Bonchev–Trinajstić information content (AvgIpc) is 2.86. The molecule has 2 aliphatic heterocycles. The number of carbonyl (C=O) groups is 2. The zero-order chi connectivity index (χ0) is 11.7. The van der Waals surface area contributed by atoms with Gasteiger partial charge in [0.15, 0.2) is 11.6 Å². The number of aliphatic imine (C=N–C) groups is 3. The van der Waals surface area contributed by atoms with Crippen LogP contribution in [-0.2, 0) is 4.79 Å². The maximum absolute atomic E-state index is 10.9. The first-order valence-electron chi connectivity index (χ1n) is 4.22. The molecule has 0 unspecified atom stereocenters. The maximum Gasteiger partial charge on any atom is 0.413 e. The lowest BCUT2D eigenvalue weighted by Gasteiger charge is -2.11. The summed E-state index contributed by atoms with van der Waals surface area (Å²) < 4.78 is 0. The van der Waals surface area contributed by atoms with Crippen molar-refractivity contribution in [3.05, 3.63) is 11.6 Å². The predicted molar refractivity (Wildman–Crippen MR) is 53.8 cm³/mol. The van der Waals surface area contributed by atoms with Gasteiger partial charge in [0.05, 0.1) is 6.54 Å². The molecule has 0 atom stereocenters. The molecule has 0 fully saturated rings. The second-order valence-electron chi connectivity index (χ2n) is 2.94. The molecule has 0 aliphatic carbocycles. The summed E-state index contributed by atoms with van der Waals surface area (Å²) in [5.41, 5.74) is -0.248. The third-order valence-corrected chi connectivity index (χ3v) is 1.94. The van der Waals surface area contributed by atoms with Gasteiger partial charge < -0.3 is 10.2 Å². The zero-order valence-corrected chi connectivity index (χ0v) is 7.86. The van der Waals surface area contributed by atoms with Crippen molar-refractivity contribution in [2.24, 2.45) is 15.0 Å². The van der Waals surface area contributed by atoms with E-state index in [0.717, 1.165) is 4.90 Å². The number of hydrogen-bond donors (Lipinski definition) is 2. The van der Waals surface area contributed by atoms with Gasteiger partial charge in [0.2, 0.25) is 0 Å². The van der Waals surface area contributed by atoms with E-state index in [4.69, 9.17) is 10.2 Å². The van der Waals surface area contributed by atoms with Crippen LogP contribution in [0.25, 0.3) is 0 Å². The zero-order valence-electron chi connectivity index (χ0n) is 7.86. The molecule has 2 heterocycles. The Morgan fingerprint density at radius 1 is 1.25 bits per heavy atom. The Morgan fingerprint density at radius 2 is 1.88 bits per heavy atom. The van der Waals surface area contributed by atoms with E-state index in [-0.39, 0.29) is 23.9 Å². The molecular formula is C8H6N4O4. The van der Waals surface area contributed by atoms with Crippen molar-refractivity contribution >= 4 is 30.2 Å². The number of carboxylic acid groups (broad SMARTS) is 2. The molecule has 0 aromatic rings. The molecule has 0 bridgehead atoms. The van der Waals surface area contributed by atoms with Crippen molar-refractivity contribution in [2.75, 3.05) is 6.54 Å². The highest BCUT2D eigenvalue weighted by Gasteiger charge is 2.32. The molecule has 8 nitrogen and oxygen atoms in total. The lowest BCUT2D eigenvalue weighted by Crippen LogP contribution is -2.30. The Balaban J connectivity index is 2.44. The minimum absolute atomic E-state index is 0.0603. The Hall–Kier alpha value is -2.51. The summed E-state index contributed by atoms with van der Waals surface area (Å²) in [5, 5.41) is 17.6. The quantitative estimate of drug-likeness (QED) is 0.638. The number of amides is 1. The molecule has 2 N–H and O–H groups in total. The number of nitrogens with zero attached hydrogens (tertiary/aromatic N) is 4. The van der Waals surface area contributed by atoms with E-state index in [1.165, 1.54) is 12.4 Å². The first-order chi connectivity index (χ1) is 7.59. The first kappa shape index (κ1) is 10.0. The fraction of sp³-hybridized carbons (Fsp3) is 0.125. The van der Waals surface area contributed by atoms with Crippen LogP contribution in [0.4, 0.5) is 4.79 Å². The van der Waals surface area contributed by atoms with Crippen LogP contribution in [0, 0.1) is 0 Å². The van der Waals surface area contributed by atoms with Crippen molar-refractivity contribution in [1.82, 2.24) is 4.90 Å². The van der Waals surface area contributed by atoms with Gasteiger partial charge in [-0.1, -0.05) is 0 Å². The summed E-state index contributed by atoms with van der Waals surface area (Å²) in [7, 11) is 0. The van der Waals surface area contributed by atoms with E-state index in [1.54, 1.807) is 0 Å². The average molecular weight is 222 g/mol. The van der Waals surface area contributed by atoms with Crippen LogP contribution in [0.1, 0.15) is 0 Å². The normalized spacial score (nSPS) is 18.2. The van der Waals surface area contributed by atoms with Crippen molar-refractivity contribution < 1.29 is 19.8 Å². The first-order valence-corrected chi connectivity index (χ1v) is 4.22. The van der Waals surface area contributed by atoms with Gasteiger partial charge in [0, 0.05) is 12.4 Å². The van der Waals surface area contributed by atoms with Crippen molar-refractivity contribution in [2.45, 2.75) is 0 Å². The fourth-order valence-electron chi connectivity index (χ4n) is 1.25. The van der Waals surface area contributed by atoms with E-state index < -0.39 is 12.1 Å². The molecular weight excluding hydrogens is 216 g/mol. The summed E-state index contributed by atoms with van der Waals surface area (Å²) in [6.07, 6.45) is 1.45. The van der Waals surface area contributed by atoms with Crippen LogP contribution >= 0.6 is 0 Å². The molecule has 0 radical (unpaired) electrons. The fourth-order valence-corrected chi connectivity index (χ4v) is 1.25. The van der Waals surface area contributed by atoms with Crippen molar-refractivity contribution in [1.29, 1.82) is 0 Å². The molecule has 82 valence electrons. The van der Waals surface area contributed by atoms with Crippen LogP contribution in [0.15, 0.2) is 26.6 Å². The molecule has 0 saturated heterocycles. The molecule has 0 saturated carbocycles. The summed E-state index contributed by atoms with van der Waals surface area (Å²) in [6.45, 7) is -0.297. The number of hydrogen-bond acceptors (Lipinski definition) is 5. The van der Waals surface area contributed by atoms with Crippen LogP contribution in [0.2, 0.25) is 0 Å². The Kier molecular flexibility index (Phi) is 2.24. The molecule has 2 aliphatic rings. The SMILES string of the molecule is O=C(O)C1=NC(=C2N=CC=N2)N(C(=O)O)C1. The van der Waals surface area contributed by atoms with Gasteiger partial charge >= 0.3 is 12.1 Å². The topological polar surface area (TPSA) is 115 Å². The summed E-state index contributed by atoms with van der Waals surface area (Å²) >= 11 is 0. The Bertz CT molecular complexity index is 474. The van der Waals surface area contributed by atoms with Gasteiger partial charge in [-0.05, 0) is 0 Å². The van der Waals surface area contributed by atoms with Crippen molar-refractivity contribution in [3.63, 3.8) is 0 Å². The van der Waals surface area contributed by atoms with Gasteiger partial charge in [-0.25, -0.2) is 24.6 Å². The highest BCUT2D eigenvalue weighted by Crippen LogP contribution is 2.21. The number of rotatable bonds is 1. The monoisotopic (exact) mass is 222 g/mol. The molecule has 8 heteroatoms. The smallest absolute Gasteiger partial charge is 0.413 e. The van der Waals surface area contributed by atoms with Gasteiger partial charge in [-0.3, -0.25) is 4.90 Å². The van der Waals surface area contributed by atoms with Gasteiger partial charge in [-0.2, -0.15) is 0 Å². The van der Waals surface area contributed by atoms with E-state index in [9.17, 15) is 9.59 Å². The minimum atomic E-state index is -1.29. The third-order valence-electron chi connectivity index (χ3n) is 1.94. The van der Waals surface area contributed by atoms with Crippen LogP contribution in [-0.4, -0.2) is 51.9 Å². The number of aliphatic carboxylic acids is 1. The van der Waals surface area contributed by atoms with Crippen LogP contribution in [0.3, 0.4) is 0 Å². The molecule has 0 spiro atoms. The highest BCUT2D eigenvalue weighted by atomic mass is 16.4. The predicted octanol–water partition coefficient (Wildman–Crippen LogP) is -0.213. The second-order valence-corrected chi connectivity index (χ2v) is 2.94. The lowest BCUT2D eigenvalue weighted by atomic mass is 10.4. The molecule has 0 aromatic heterocycles. The molecule has 16 heavy (non-hydrogen) atoms. The van der Waals surface area contributed by atoms with Crippen LogP contribution in [0.5, 0.6) is 0 Å². The Labute approximate surface area is 88.9 Å². The van der Waals surface area contributed by atoms with Gasteiger partial charge in [0.1, 0.15) is 5.71 Å². The third kappa shape index (κ3) is 1.56. The largest absolute Gasteiger partial charge is 0.477 e. The summed E-state index contributed by atoms with van der Waals surface area (Å²) in [6, 6.07) is 0. The Morgan fingerprint density at radius 3 is 2.38 bits per heavy atom. The summed E-state index contributed by atoms with van der Waals surface area (Å²) in [5.74, 6) is -1.22. The minimum Gasteiger partial charge on any atom is -0.477 e. The van der Waals surface area contributed by atoms with Crippen molar-refractivity contribution in [3.8, 4) is 0 Å². The van der Waals surface area contributed by atoms with E-state index in [2.05, 4.69) is 15.0 Å².